The molecule has 17 nitrogen and oxygen atoms in total. The molecule has 0 saturated heterocycles. The van der Waals surface area contributed by atoms with E-state index in [1.165, 1.54) is 173 Å². The van der Waals surface area contributed by atoms with E-state index in [1.54, 1.807) is 0 Å². The molecule has 0 aromatic rings. The molecule has 0 aliphatic rings. The molecule has 0 fully saturated rings. The molecule has 0 aliphatic carbocycles. The Morgan fingerprint density at radius 1 is 0.280 bits per heavy atom. The molecule has 586 valence electrons. The molecule has 19 heteroatoms. The molecule has 0 aromatic carbocycles. The first-order valence-corrected chi connectivity index (χ1v) is 43.9. The van der Waals surface area contributed by atoms with Crippen molar-refractivity contribution in [2.45, 2.75) is 406 Å². The van der Waals surface area contributed by atoms with Crippen LogP contribution in [0.3, 0.4) is 0 Å². The summed E-state index contributed by atoms with van der Waals surface area (Å²) in [5.74, 6) is -2.16. The molecule has 2 unspecified atom stereocenters. The standard InChI is InChI=1S/C81H150O17P2/c1-5-9-13-17-21-25-29-33-37-41-45-49-53-57-61-65-78(83)91-71-76(97-80(85)67-63-59-55-51-47-43-39-35-31-27-23-19-15-11-7-3)73-95-99(87,88)93-69-75(82)70-94-100(89,90)96-74-77(98-81(86)68-64-60-56-52-48-44-40-36-32-28-24-20-16-12-8-4)72-92-79(84)66-62-58-54-50-46-42-38-34-30-26-22-18-14-10-6-2/h21,24-25,28,33,36-37,40,75-77,82H,5-20,22-23,26-27,29-32,34-35,38-39,41-74H2,1-4H3,(H,87,88)(H,89,90)/b25-21-,28-24-,37-33-,40-36-/t75-,76+,77+/m0/s1. The van der Waals surface area contributed by atoms with Gasteiger partial charge in [0.1, 0.15) is 19.3 Å². The summed E-state index contributed by atoms with van der Waals surface area (Å²) in [4.78, 5) is 73.0. The lowest BCUT2D eigenvalue weighted by Gasteiger charge is -2.21. The van der Waals surface area contributed by atoms with Gasteiger partial charge in [0, 0.05) is 25.7 Å². The Morgan fingerprint density at radius 2 is 0.490 bits per heavy atom. The summed E-state index contributed by atoms with van der Waals surface area (Å²) in [7, 11) is -9.94. The highest BCUT2D eigenvalue weighted by Gasteiger charge is 2.30. The molecule has 0 rings (SSSR count). The second kappa shape index (κ2) is 74.3. The fourth-order valence-electron chi connectivity index (χ4n) is 11.5. The van der Waals surface area contributed by atoms with Crippen molar-refractivity contribution in [1.29, 1.82) is 0 Å². The Hall–Kier alpha value is -2.98. The van der Waals surface area contributed by atoms with E-state index < -0.39 is 97.5 Å². The van der Waals surface area contributed by atoms with Gasteiger partial charge in [0.2, 0.25) is 0 Å². The topological polar surface area (TPSA) is 237 Å². The van der Waals surface area contributed by atoms with Crippen LogP contribution in [0.25, 0.3) is 0 Å². The molecular weight excluding hydrogens is 1310 g/mol. The zero-order valence-electron chi connectivity index (χ0n) is 64.1. The fraction of sp³-hybridized carbons (Fsp3) is 0.852. The summed E-state index contributed by atoms with van der Waals surface area (Å²) in [5, 5.41) is 10.6. The van der Waals surface area contributed by atoms with E-state index in [1.807, 2.05) is 0 Å². The van der Waals surface area contributed by atoms with Gasteiger partial charge >= 0.3 is 39.5 Å². The average molecular weight is 1460 g/mol. The Balaban J connectivity index is 5.33. The lowest BCUT2D eigenvalue weighted by atomic mass is 10.0. The molecule has 0 heterocycles. The molecule has 0 aliphatic heterocycles. The quantitative estimate of drug-likeness (QED) is 0.0169. The number of esters is 4. The third-order valence-electron chi connectivity index (χ3n) is 17.8. The fourth-order valence-corrected chi connectivity index (χ4v) is 13.1. The number of hydrogen-bond acceptors (Lipinski definition) is 15. The number of aliphatic hydroxyl groups is 1. The number of aliphatic hydroxyl groups excluding tert-OH is 1. The molecule has 0 bridgehead atoms. The van der Waals surface area contributed by atoms with Crippen molar-refractivity contribution in [2.24, 2.45) is 0 Å². The summed E-state index contributed by atoms with van der Waals surface area (Å²) in [6, 6.07) is 0. The summed E-state index contributed by atoms with van der Waals surface area (Å²) >= 11 is 0. The molecule has 0 saturated carbocycles. The van der Waals surface area contributed by atoms with Crippen LogP contribution in [0.1, 0.15) is 387 Å². The van der Waals surface area contributed by atoms with Gasteiger partial charge < -0.3 is 33.8 Å². The van der Waals surface area contributed by atoms with Crippen molar-refractivity contribution in [3.63, 3.8) is 0 Å². The average Bonchev–Trinajstić information content (AvgIpc) is 1.01. The van der Waals surface area contributed by atoms with Gasteiger partial charge in [-0.05, 0) is 89.9 Å². The number of phosphoric acid groups is 2. The minimum atomic E-state index is -4.97. The Bertz CT molecular complexity index is 2080. The van der Waals surface area contributed by atoms with Crippen molar-refractivity contribution in [3.05, 3.63) is 48.6 Å². The highest BCUT2D eigenvalue weighted by molar-refractivity contribution is 7.47. The smallest absolute Gasteiger partial charge is 0.462 e. The maximum atomic E-state index is 13.1. The first-order chi connectivity index (χ1) is 48.7. The highest BCUT2D eigenvalue weighted by atomic mass is 31.2. The van der Waals surface area contributed by atoms with E-state index in [0.717, 1.165) is 135 Å². The van der Waals surface area contributed by atoms with E-state index in [4.69, 9.17) is 37.0 Å². The van der Waals surface area contributed by atoms with Gasteiger partial charge in [-0.2, -0.15) is 0 Å². The SMILES string of the molecule is CCCCC/C=C\C/C=C\CCCCCCCC(=O)OC[C@H](COP(=O)(O)OC[C@H](O)COP(=O)(O)OC[C@@H](COC(=O)CCCCCCCCCCCCCCCCC)OC(=O)CCCCCCC/C=C\C/C=C\CCCCC)OC(=O)CCCCCCCCCCCCCCCCC. The largest absolute Gasteiger partial charge is 0.472 e. The molecule has 0 radical (unpaired) electrons. The number of ether oxygens (including phenoxy) is 4. The Labute approximate surface area is 610 Å². The van der Waals surface area contributed by atoms with Gasteiger partial charge in [-0.1, -0.05) is 320 Å². The number of allylic oxidation sites excluding steroid dienone is 8. The number of rotatable bonds is 78. The summed E-state index contributed by atoms with van der Waals surface area (Å²) in [5.41, 5.74) is 0. The van der Waals surface area contributed by atoms with E-state index in [9.17, 15) is 43.2 Å². The minimum absolute atomic E-state index is 0.0853. The minimum Gasteiger partial charge on any atom is -0.462 e. The van der Waals surface area contributed by atoms with Crippen LogP contribution in [0.15, 0.2) is 48.6 Å². The van der Waals surface area contributed by atoms with Crippen LogP contribution in [0, 0.1) is 0 Å². The monoisotopic (exact) mass is 1460 g/mol. The molecule has 0 amide bonds. The number of carbonyl (C=O) groups excluding carboxylic acids is 4. The van der Waals surface area contributed by atoms with Crippen LogP contribution < -0.4 is 0 Å². The van der Waals surface area contributed by atoms with Crippen LogP contribution >= 0.6 is 15.6 Å². The number of carbonyl (C=O) groups is 4. The normalized spacial score (nSPS) is 14.1. The maximum Gasteiger partial charge on any atom is 0.472 e. The van der Waals surface area contributed by atoms with Crippen molar-refractivity contribution in [3.8, 4) is 0 Å². The van der Waals surface area contributed by atoms with Crippen LogP contribution in [0.2, 0.25) is 0 Å². The molecule has 0 aromatic heterocycles. The highest BCUT2D eigenvalue weighted by Crippen LogP contribution is 2.45. The van der Waals surface area contributed by atoms with Crippen molar-refractivity contribution >= 4 is 39.5 Å². The predicted octanol–water partition coefficient (Wildman–Crippen LogP) is 23.7. The summed E-state index contributed by atoms with van der Waals surface area (Å²) < 4.78 is 68.7. The van der Waals surface area contributed by atoms with Crippen molar-refractivity contribution < 1.29 is 80.2 Å². The van der Waals surface area contributed by atoms with Gasteiger partial charge in [0.05, 0.1) is 26.4 Å². The van der Waals surface area contributed by atoms with Gasteiger partial charge in [-0.3, -0.25) is 37.3 Å². The third-order valence-corrected chi connectivity index (χ3v) is 19.7. The molecular formula is C81H150O17P2. The van der Waals surface area contributed by atoms with Crippen LogP contribution in [0.4, 0.5) is 0 Å². The lowest BCUT2D eigenvalue weighted by Crippen LogP contribution is -2.30. The van der Waals surface area contributed by atoms with Crippen molar-refractivity contribution in [1.82, 2.24) is 0 Å². The van der Waals surface area contributed by atoms with E-state index in [2.05, 4.69) is 76.3 Å². The molecule has 100 heavy (non-hydrogen) atoms. The number of phosphoric ester groups is 2. The van der Waals surface area contributed by atoms with Gasteiger partial charge in [0.25, 0.3) is 0 Å². The van der Waals surface area contributed by atoms with E-state index in [0.29, 0.717) is 25.7 Å². The Morgan fingerprint density at radius 3 is 0.760 bits per heavy atom. The first kappa shape index (κ1) is 97.0. The zero-order chi connectivity index (χ0) is 73.2. The maximum absolute atomic E-state index is 13.1. The van der Waals surface area contributed by atoms with Gasteiger partial charge in [0.15, 0.2) is 12.2 Å². The second-order valence-electron chi connectivity index (χ2n) is 27.7. The molecule has 3 N–H and O–H groups in total. The van der Waals surface area contributed by atoms with Gasteiger partial charge in [-0.25, -0.2) is 9.13 Å². The zero-order valence-corrected chi connectivity index (χ0v) is 65.9. The summed E-state index contributed by atoms with van der Waals surface area (Å²) in [6.07, 6.45) is 72.2. The van der Waals surface area contributed by atoms with Crippen LogP contribution in [-0.4, -0.2) is 96.7 Å². The number of hydrogen-bond donors (Lipinski definition) is 3. The van der Waals surface area contributed by atoms with Crippen molar-refractivity contribution in [2.75, 3.05) is 39.6 Å². The summed E-state index contributed by atoms with van der Waals surface area (Å²) in [6.45, 7) is 4.89. The predicted molar refractivity (Wildman–Crippen MR) is 409 cm³/mol. The Kier molecular flexibility index (Phi) is 72.1. The third kappa shape index (κ3) is 73.3. The second-order valence-corrected chi connectivity index (χ2v) is 30.6. The van der Waals surface area contributed by atoms with Gasteiger partial charge in [-0.15, -0.1) is 0 Å². The van der Waals surface area contributed by atoms with E-state index >= 15 is 0 Å². The molecule has 0 spiro atoms. The lowest BCUT2D eigenvalue weighted by molar-refractivity contribution is -0.161. The number of unbranched alkanes of at least 4 members (excludes halogenated alkanes) is 44. The first-order valence-electron chi connectivity index (χ1n) is 40.9. The molecule has 5 atom stereocenters. The van der Waals surface area contributed by atoms with Crippen LogP contribution in [-0.2, 0) is 65.4 Å². The van der Waals surface area contributed by atoms with E-state index in [-0.39, 0.29) is 25.7 Å². The van der Waals surface area contributed by atoms with Crippen LogP contribution in [0.5, 0.6) is 0 Å².